The van der Waals surface area contributed by atoms with Gasteiger partial charge >= 0.3 is 0 Å². The summed E-state index contributed by atoms with van der Waals surface area (Å²) in [7, 11) is -1.88. The number of hydrogen-bond donors (Lipinski definition) is 4. The molecule has 1 aliphatic rings. The topological polar surface area (TPSA) is 121 Å². The molecule has 0 aromatic heterocycles. The van der Waals surface area contributed by atoms with Crippen LogP contribution in [0.4, 0.5) is 0 Å². The number of nitrogens with zero attached hydrogens (tertiary/aromatic N) is 1. The van der Waals surface area contributed by atoms with E-state index in [0.29, 0.717) is 18.7 Å². The van der Waals surface area contributed by atoms with Gasteiger partial charge in [-0.2, -0.15) is 4.72 Å². The van der Waals surface area contributed by atoms with Crippen LogP contribution in [-0.2, 0) is 21.2 Å². The fourth-order valence-electron chi connectivity index (χ4n) is 4.20. The van der Waals surface area contributed by atoms with Gasteiger partial charge in [-0.3, -0.25) is 10.2 Å². The SMILES string of the molecule is C[NH+]1CCN(C(=O)C(Cc2cccc(C(=N)N)c2)NS(=O)(=O)c2ccc3ccccc3c2)CC1. The van der Waals surface area contributed by atoms with E-state index in [4.69, 9.17) is 11.1 Å². The Morgan fingerprint density at radius 2 is 1.76 bits per heavy atom. The van der Waals surface area contributed by atoms with Crippen LogP contribution >= 0.6 is 0 Å². The van der Waals surface area contributed by atoms with Crippen LogP contribution in [0.15, 0.2) is 71.6 Å². The monoisotopic (exact) mass is 480 g/mol. The van der Waals surface area contributed by atoms with Crippen molar-refractivity contribution in [2.75, 3.05) is 33.2 Å². The Hall–Kier alpha value is -3.27. The lowest BCUT2D eigenvalue weighted by atomic mass is 10.0. The number of amides is 1. The van der Waals surface area contributed by atoms with Crippen LogP contribution in [0.2, 0.25) is 0 Å². The van der Waals surface area contributed by atoms with Crippen LogP contribution in [0.3, 0.4) is 0 Å². The Balaban J connectivity index is 1.64. The normalized spacial score (nSPS) is 15.9. The number of amidine groups is 1. The van der Waals surface area contributed by atoms with Gasteiger partial charge in [0.2, 0.25) is 15.9 Å². The van der Waals surface area contributed by atoms with Crippen LogP contribution in [0.1, 0.15) is 11.1 Å². The maximum atomic E-state index is 13.5. The first-order valence-electron chi connectivity index (χ1n) is 11.3. The van der Waals surface area contributed by atoms with E-state index in [1.54, 1.807) is 41.3 Å². The van der Waals surface area contributed by atoms with E-state index in [9.17, 15) is 13.2 Å². The molecule has 8 nitrogen and oxygen atoms in total. The van der Waals surface area contributed by atoms with E-state index in [-0.39, 0.29) is 23.1 Å². The predicted molar refractivity (Wildman–Crippen MR) is 132 cm³/mol. The quantitative estimate of drug-likeness (QED) is 0.288. The van der Waals surface area contributed by atoms with Crippen molar-refractivity contribution in [1.29, 1.82) is 5.41 Å². The van der Waals surface area contributed by atoms with Crippen molar-refractivity contribution in [1.82, 2.24) is 9.62 Å². The molecule has 0 bridgehead atoms. The number of likely N-dealkylation sites (N-methyl/N-ethyl adjacent to an activating group) is 1. The standard InChI is InChI=1S/C25H29N5O3S/c1-29-11-13-30(14-12-29)25(31)23(16-18-5-4-8-21(15-18)24(26)27)28-34(32,33)22-10-9-19-6-2-3-7-20(19)17-22/h2-10,15,17,23,28H,11-14,16H2,1H3,(H3,26,27)/p+1. The molecular weight excluding hydrogens is 450 g/mol. The summed E-state index contributed by atoms with van der Waals surface area (Å²) in [6, 6.07) is 18.5. The Morgan fingerprint density at radius 1 is 1.06 bits per heavy atom. The Labute approximate surface area is 199 Å². The molecule has 1 heterocycles. The van der Waals surface area contributed by atoms with Gasteiger partial charge in [-0.1, -0.05) is 48.5 Å². The van der Waals surface area contributed by atoms with Crippen molar-refractivity contribution in [3.8, 4) is 0 Å². The summed E-state index contributed by atoms with van der Waals surface area (Å²) in [5.41, 5.74) is 6.88. The lowest BCUT2D eigenvalue weighted by Gasteiger charge is -2.33. The van der Waals surface area contributed by atoms with Crippen molar-refractivity contribution < 1.29 is 18.1 Å². The molecule has 5 N–H and O–H groups in total. The lowest BCUT2D eigenvalue weighted by molar-refractivity contribution is -0.883. The third-order valence-electron chi connectivity index (χ3n) is 6.23. The van der Waals surface area contributed by atoms with Gasteiger partial charge in [-0.15, -0.1) is 0 Å². The highest BCUT2D eigenvalue weighted by atomic mass is 32.2. The largest absolute Gasteiger partial charge is 0.384 e. The van der Waals surface area contributed by atoms with Crippen LogP contribution in [0, 0.1) is 5.41 Å². The number of hydrogen-bond acceptors (Lipinski definition) is 4. The van der Waals surface area contributed by atoms with Crippen molar-refractivity contribution in [2.45, 2.75) is 17.4 Å². The molecule has 0 radical (unpaired) electrons. The zero-order chi connectivity index (χ0) is 24.3. The third kappa shape index (κ3) is 5.44. The number of quaternary nitrogens is 1. The molecule has 1 atom stereocenters. The third-order valence-corrected chi connectivity index (χ3v) is 7.70. The molecule has 3 aromatic rings. The smallest absolute Gasteiger partial charge is 0.241 e. The van der Waals surface area contributed by atoms with Gasteiger partial charge in [0.25, 0.3) is 0 Å². The molecule has 1 saturated heterocycles. The molecule has 3 aromatic carbocycles. The van der Waals surface area contributed by atoms with Gasteiger partial charge in [-0.25, -0.2) is 8.42 Å². The molecule has 9 heteroatoms. The first-order chi connectivity index (χ1) is 16.2. The fourth-order valence-corrected chi connectivity index (χ4v) is 5.42. The molecule has 0 spiro atoms. The summed E-state index contributed by atoms with van der Waals surface area (Å²) in [5.74, 6) is -0.325. The van der Waals surface area contributed by atoms with Gasteiger partial charge in [0.15, 0.2) is 0 Å². The number of nitrogen functional groups attached to an aromatic ring is 1. The molecule has 0 aliphatic carbocycles. The summed E-state index contributed by atoms with van der Waals surface area (Å²) < 4.78 is 29.4. The number of benzene rings is 3. The van der Waals surface area contributed by atoms with E-state index in [0.717, 1.165) is 29.4 Å². The minimum atomic E-state index is -3.96. The van der Waals surface area contributed by atoms with E-state index in [1.165, 1.54) is 4.90 Å². The number of sulfonamides is 1. The second-order valence-electron chi connectivity index (χ2n) is 8.78. The van der Waals surface area contributed by atoms with Crippen molar-refractivity contribution in [2.24, 2.45) is 5.73 Å². The van der Waals surface area contributed by atoms with Crippen molar-refractivity contribution >= 4 is 32.5 Å². The highest BCUT2D eigenvalue weighted by Gasteiger charge is 2.32. The Bertz CT molecular complexity index is 1320. The number of carbonyl (C=O) groups is 1. The van der Waals surface area contributed by atoms with E-state index >= 15 is 0 Å². The zero-order valence-corrected chi connectivity index (χ0v) is 19.9. The average molecular weight is 481 g/mol. The number of rotatable bonds is 7. The van der Waals surface area contributed by atoms with E-state index < -0.39 is 16.1 Å². The molecule has 1 aliphatic heterocycles. The van der Waals surface area contributed by atoms with Crippen LogP contribution in [-0.4, -0.2) is 64.3 Å². The molecular formula is C25H30N5O3S+. The second-order valence-corrected chi connectivity index (χ2v) is 10.5. The minimum absolute atomic E-state index is 0.0801. The van der Waals surface area contributed by atoms with Gasteiger partial charge < -0.3 is 15.5 Å². The molecule has 1 amide bonds. The number of nitrogens with one attached hydrogen (secondary N) is 3. The molecule has 1 fully saturated rings. The molecule has 0 saturated carbocycles. The van der Waals surface area contributed by atoms with Gasteiger partial charge in [0, 0.05) is 5.56 Å². The Morgan fingerprint density at radius 3 is 2.47 bits per heavy atom. The van der Waals surface area contributed by atoms with E-state index in [2.05, 4.69) is 11.8 Å². The fraction of sp³-hybridized carbons (Fsp3) is 0.280. The van der Waals surface area contributed by atoms with Crippen molar-refractivity contribution in [3.05, 3.63) is 77.9 Å². The van der Waals surface area contributed by atoms with Crippen molar-refractivity contribution in [3.63, 3.8) is 0 Å². The van der Waals surface area contributed by atoms with E-state index in [1.807, 2.05) is 30.3 Å². The molecule has 178 valence electrons. The summed E-state index contributed by atoms with van der Waals surface area (Å²) in [4.78, 5) is 16.7. The molecule has 34 heavy (non-hydrogen) atoms. The van der Waals surface area contributed by atoms with Gasteiger partial charge in [0.1, 0.15) is 11.9 Å². The first-order valence-corrected chi connectivity index (χ1v) is 12.8. The van der Waals surface area contributed by atoms with Crippen LogP contribution in [0.25, 0.3) is 10.8 Å². The second kappa shape index (κ2) is 9.92. The summed E-state index contributed by atoms with van der Waals surface area (Å²) >= 11 is 0. The lowest BCUT2D eigenvalue weighted by Crippen LogP contribution is -3.12. The minimum Gasteiger partial charge on any atom is -0.384 e. The van der Waals surface area contributed by atoms with Gasteiger partial charge in [-0.05, 0) is 41.0 Å². The molecule has 1 unspecified atom stereocenters. The predicted octanol–water partition coefficient (Wildman–Crippen LogP) is 0.370. The number of nitrogens with two attached hydrogens (primary N) is 1. The maximum absolute atomic E-state index is 13.5. The number of fused-ring (bicyclic) bond motifs is 1. The van der Waals surface area contributed by atoms with Gasteiger partial charge in [0.05, 0.1) is 38.1 Å². The highest BCUT2D eigenvalue weighted by molar-refractivity contribution is 7.89. The number of piperazine rings is 1. The summed E-state index contributed by atoms with van der Waals surface area (Å²) in [5, 5.41) is 9.44. The zero-order valence-electron chi connectivity index (χ0n) is 19.1. The average Bonchev–Trinajstić information content (AvgIpc) is 2.83. The number of carbonyl (C=O) groups excluding carboxylic acids is 1. The molecule has 4 rings (SSSR count). The first kappa shape index (κ1) is 23.9. The highest BCUT2D eigenvalue weighted by Crippen LogP contribution is 2.20. The maximum Gasteiger partial charge on any atom is 0.241 e. The van der Waals surface area contributed by atoms with Crippen LogP contribution in [0.5, 0.6) is 0 Å². The Kier molecular flexibility index (Phi) is 6.97. The van der Waals surface area contributed by atoms with Crippen LogP contribution < -0.4 is 15.4 Å². The summed E-state index contributed by atoms with van der Waals surface area (Å²) in [6.07, 6.45) is 0.159. The summed E-state index contributed by atoms with van der Waals surface area (Å²) in [6.45, 7) is 2.78.